The summed E-state index contributed by atoms with van der Waals surface area (Å²) in [5.74, 6) is 1.02. The number of aliphatic imine (C=N–C) groups is 1. The number of nitrogens with one attached hydrogen (secondary N) is 1. The minimum absolute atomic E-state index is 0.0314. The first kappa shape index (κ1) is 33.0. The van der Waals surface area contributed by atoms with E-state index < -0.39 is 12.3 Å². The summed E-state index contributed by atoms with van der Waals surface area (Å²) in [4.78, 5) is 13.5. The number of rotatable bonds is 15. The van der Waals surface area contributed by atoms with Gasteiger partial charge in [-0.2, -0.15) is 0 Å². The maximum atomic E-state index is 13.6. The minimum atomic E-state index is -1.35. The maximum Gasteiger partial charge on any atom is 0.148 e. The lowest BCUT2D eigenvalue weighted by molar-refractivity contribution is 0.0129. The monoisotopic (exact) mass is 621 g/mol. The van der Waals surface area contributed by atoms with Crippen molar-refractivity contribution >= 4 is 29.2 Å². The summed E-state index contributed by atoms with van der Waals surface area (Å²) in [5, 5.41) is 16.0. The lowest BCUT2D eigenvalue weighted by Crippen LogP contribution is -2.40. The number of anilines is 1. The van der Waals surface area contributed by atoms with Gasteiger partial charge in [-0.3, -0.25) is 9.98 Å². The molecule has 1 saturated carbocycles. The van der Waals surface area contributed by atoms with Crippen molar-refractivity contribution < 1.29 is 19.0 Å². The quantitative estimate of drug-likeness (QED) is 0.0987. The van der Waals surface area contributed by atoms with Crippen molar-refractivity contribution in [1.29, 1.82) is 0 Å². The lowest BCUT2D eigenvalue weighted by atomic mass is 9.90. The number of aryl methyl sites for hydroxylation is 1. The van der Waals surface area contributed by atoms with Crippen molar-refractivity contribution in [3.63, 3.8) is 0 Å². The zero-order valence-electron chi connectivity index (χ0n) is 25.8. The number of hydrogen-bond acceptors (Lipinski definition) is 8. The highest BCUT2D eigenvalue weighted by molar-refractivity contribution is 6.33. The second kappa shape index (κ2) is 14.7. The number of aromatic nitrogens is 2. The van der Waals surface area contributed by atoms with Crippen LogP contribution in [0.25, 0.3) is 17.0 Å². The van der Waals surface area contributed by atoms with Gasteiger partial charge in [0.2, 0.25) is 0 Å². The molecule has 1 fully saturated rings. The normalized spacial score (nSPS) is 14.2. The number of halogens is 2. The molecule has 2 aromatic heterocycles. The Kier molecular flexibility index (Phi) is 11.0. The molecule has 0 saturated heterocycles. The number of alkyl halides is 1. The third-order valence-electron chi connectivity index (χ3n) is 7.70. The summed E-state index contributed by atoms with van der Waals surface area (Å²) < 4.78 is 25.2. The number of pyridine rings is 2. The largest absolute Gasteiger partial charge is 0.495 e. The predicted octanol–water partition coefficient (Wildman–Crippen LogP) is 6.66. The van der Waals surface area contributed by atoms with Crippen LogP contribution < -0.4 is 20.5 Å². The molecule has 1 unspecified atom stereocenters. The topological polar surface area (TPSA) is 115 Å². The van der Waals surface area contributed by atoms with Crippen LogP contribution in [0.4, 0.5) is 10.1 Å². The molecule has 0 amide bonds. The molecule has 10 heteroatoms. The van der Waals surface area contributed by atoms with Crippen molar-refractivity contribution in [3.8, 4) is 22.8 Å². The molecule has 1 aromatic carbocycles. The van der Waals surface area contributed by atoms with Crippen molar-refractivity contribution in [2.24, 2.45) is 10.9 Å². The van der Waals surface area contributed by atoms with Gasteiger partial charge in [0.05, 0.1) is 48.1 Å². The van der Waals surface area contributed by atoms with Crippen LogP contribution in [0.1, 0.15) is 68.1 Å². The van der Waals surface area contributed by atoms with Crippen LogP contribution in [0.5, 0.6) is 11.5 Å². The zero-order chi connectivity index (χ0) is 31.9. The number of benzene rings is 1. The molecule has 1 atom stereocenters. The van der Waals surface area contributed by atoms with E-state index in [0.717, 1.165) is 30.4 Å². The number of nitrogens with zero attached hydrogens (tertiary/aromatic N) is 3. The van der Waals surface area contributed by atoms with Crippen LogP contribution in [0.3, 0.4) is 0 Å². The number of hydrogen-bond donors (Lipinski definition) is 3. The second-order valence-corrected chi connectivity index (χ2v) is 11.1. The van der Waals surface area contributed by atoms with Gasteiger partial charge in [0.1, 0.15) is 29.5 Å². The summed E-state index contributed by atoms with van der Waals surface area (Å²) >= 11 is 6.57. The van der Waals surface area contributed by atoms with Crippen LogP contribution in [-0.4, -0.2) is 48.1 Å². The number of ether oxygens (including phenoxy) is 2. The molecular formula is C34H41ClFN5O3. The molecule has 4 N–H and O–H groups in total. The molecule has 0 radical (unpaired) electrons. The van der Waals surface area contributed by atoms with Crippen molar-refractivity contribution in [1.82, 2.24) is 15.3 Å². The van der Waals surface area contributed by atoms with E-state index in [9.17, 15) is 9.50 Å². The van der Waals surface area contributed by atoms with Gasteiger partial charge in [0.25, 0.3) is 0 Å². The Hall–Kier alpha value is -3.91. The number of nitrogen functional groups attached to an aromatic ring is 1. The van der Waals surface area contributed by atoms with E-state index >= 15 is 0 Å². The van der Waals surface area contributed by atoms with Crippen LogP contribution in [-0.2, 0) is 18.7 Å². The van der Waals surface area contributed by atoms with Crippen LogP contribution in [0, 0.1) is 5.92 Å². The third kappa shape index (κ3) is 7.07. The first-order valence-electron chi connectivity index (χ1n) is 15.0. The van der Waals surface area contributed by atoms with E-state index in [-0.39, 0.29) is 18.2 Å². The van der Waals surface area contributed by atoms with Crippen molar-refractivity contribution in [2.45, 2.75) is 58.7 Å². The van der Waals surface area contributed by atoms with Crippen LogP contribution >= 0.6 is 11.6 Å². The predicted molar refractivity (Wildman–Crippen MR) is 175 cm³/mol. The molecule has 2 heterocycles. The van der Waals surface area contributed by atoms with Gasteiger partial charge in [-0.05, 0) is 68.4 Å². The summed E-state index contributed by atoms with van der Waals surface area (Å²) in [6.45, 7) is 10.3. The van der Waals surface area contributed by atoms with Crippen molar-refractivity contribution in [2.75, 3.05) is 32.5 Å². The Labute approximate surface area is 263 Å². The van der Waals surface area contributed by atoms with Crippen molar-refractivity contribution in [3.05, 3.63) is 75.9 Å². The zero-order valence-corrected chi connectivity index (χ0v) is 26.6. The van der Waals surface area contributed by atoms with E-state index in [0.29, 0.717) is 70.0 Å². The van der Waals surface area contributed by atoms with Gasteiger partial charge in [0.15, 0.2) is 0 Å². The number of methoxy groups -OCH3 is 1. The highest BCUT2D eigenvalue weighted by atomic mass is 35.5. The summed E-state index contributed by atoms with van der Waals surface area (Å²) in [7, 11) is 1.56. The molecule has 234 valence electrons. The van der Waals surface area contributed by atoms with Gasteiger partial charge in [-0.15, -0.1) is 5.73 Å². The van der Waals surface area contributed by atoms with Gasteiger partial charge < -0.3 is 25.6 Å². The SMILES string of the molecule is C=C=C(NCC(O)(c1cc(CC)c(OCC)c(-c2cc(CF)ncc2Cl)n1)C1CC1)c1cc(C=NCCC)c(N)c(OC)c1. The Balaban J connectivity index is 1.77. The van der Waals surface area contributed by atoms with Gasteiger partial charge in [-0.1, -0.05) is 32.0 Å². The maximum absolute atomic E-state index is 13.6. The molecule has 44 heavy (non-hydrogen) atoms. The first-order valence-corrected chi connectivity index (χ1v) is 15.3. The summed E-state index contributed by atoms with van der Waals surface area (Å²) in [5.41, 5.74) is 13.0. The standard InChI is InChI=1S/C34H41ClFN5O3/c1-6-12-38-18-23-13-22(14-29(43-5)31(23)37)28(8-3)40-20-34(42,24-10-11-24)30-15-21(7-2)33(44-9-4)32(41-30)26-16-25(17-36)39-19-27(26)35/h13-16,18-19,24,40,42H,3,6-7,9-12,17,20,37H2,1-2,4-5H3. The number of nitrogens with two attached hydrogens (primary N) is 1. The van der Waals surface area contributed by atoms with Gasteiger partial charge in [0, 0.05) is 35.6 Å². The average Bonchev–Trinajstić information content (AvgIpc) is 3.89. The van der Waals surface area contributed by atoms with E-state index in [1.54, 1.807) is 25.5 Å². The molecule has 8 nitrogen and oxygen atoms in total. The van der Waals surface area contributed by atoms with Gasteiger partial charge >= 0.3 is 0 Å². The highest BCUT2D eigenvalue weighted by Crippen LogP contribution is 2.47. The Morgan fingerprint density at radius 3 is 2.68 bits per heavy atom. The lowest BCUT2D eigenvalue weighted by Gasteiger charge is -2.30. The Bertz CT molecular complexity index is 1570. The molecule has 1 aliphatic carbocycles. The third-order valence-corrected chi connectivity index (χ3v) is 8.00. The fraction of sp³-hybridized carbons (Fsp3) is 0.412. The summed E-state index contributed by atoms with van der Waals surface area (Å²) in [6, 6.07) is 7.17. The number of aliphatic hydroxyl groups is 1. The van der Waals surface area contributed by atoms with Crippen LogP contribution in [0.2, 0.25) is 5.02 Å². The average molecular weight is 622 g/mol. The minimum Gasteiger partial charge on any atom is -0.495 e. The van der Waals surface area contributed by atoms with Crippen LogP contribution in [0.15, 0.2) is 47.8 Å². The fourth-order valence-corrected chi connectivity index (χ4v) is 5.34. The second-order valence-electron chi connectivity index (χ2n) is 10.7. The molecule has 4 rings (SSSR count). The van der Waals surface area contributed by atoms with E-state index in [4.69, 9.17) is 31.8 Å². The Morgan fingerprint density at radius 2 is 2.07 bits per heavy atom. The van der Waals surface area contributed by atoms with E-state index in [1.165, 1.54) is 6.20 Å². The highest BCUT2D eigenvalue weighted by Gasteiger charge is 2.47. The smallest absolute Gasteiger partial charge is 0.148 e. The summed E-state index contributed by atoms with van der Waals surface area (Å²) in [6.07, 6.45) is 6.37. The molecular weight excluding hydrogens is 581 g/mol. The molecule has 0 spiro atoms. The van der Waals surface area contributed by atoms with Gasteiger partial charge in [-0.25, -0.2) is 9.37 Å². The fourth-order valence-electron chi connectivity index (χ4n) is 5.15. The van der Waals surface area contributed by atoms with E-state index in [2.05, 4.69) is 34.5 Å². The Morgan fingerprint density at radius 1 is 1.30 bits per heavy atom. The molecule has 1 aliphatic rings. The van der Waals surface area contributed by atoms with E-state index in [1.807, 2.05) is 26.0 Å². The molecule has 3 aromatic rings. The molecule has 0 aliphatic heterocycles. The first-order chi connectivity index (χ1) is 21.2. The molecule has 0 bridgehead atoms.